The van der Waals surface area contributed by atoms with Gasteiger partial charge in [-0.25, -0.2) is 8.42 Å². The van der Waals surface area contributed by atoms with Crippen molar-refractivity contribution in [1.29, 1.82) is 0 Å². The largest absolute Gasteiger partial charge is 0.353 e. The average Bonchev–Trinajstić information content (AvgIpc) is 3.65. The minimum Gasteiger partial charge on any atom is -0.353 e. The Morgan fingerprint density at radius 3 is 1.81 bits per heavy atom. The van der Waals surface area contributed by atoms with Crippen LogP contribution in [0.25, 0.3) is 0 Å². The van der Waals surface area contributed by atoms with Gasteiger partial charge in [-0.05, 0) is 108 Å². The number of sulfone groups is 1. The van der Waals surface area contributed by atoms with Crippen molar-refractivity contribution in [3.63, 3.8) is 0 Å². The van der Waals surface area contributed by atoms with E-state index in [1.807, 2.05) is 0 Å². The van der Waals surface area contributed by atoms with Crippen LogP contribution in [0.1, 0.15) is 122 Å². The first-order valence-corrected chi connectivity index (χ1v) is 16.9. The summed E-state index contributed by atoms with van der Waals surface area (Å²) in [5.74, 6) is 1.76. The molecule has 5 aliphatic carbocycles. The Balaban J connectivity index is 1.03. The van der Waals surface area contributed by atoms with E-state index in [0.717, 1.165) is 64.2 Å². The number of amides is 2. The van der Waals surface area contributed by atoms with E-state index in [4.69, 9.17) is 0 Å². The standard InChI is InChI=1S/C29H48N2O4S/c32-28(19-21-11-17-27(18-12-21)36(34,35)20-22-9-10-22)30-24-15-13-23(14-16-24)29(33)31(26-7-4-8-26)25-5-2-1-3-6-25/h21-27H,1-20H2,(H,30,32). The number of nitrogens with one attached hydrogen (secondary N) is 1. The third kappa shape index (κ3) is 6.66. The molecule has 0 aromatic carbocycles. The van der Waals surface area contributed by atoms with Crippen molar-refractivity contribution in [2.75, 3.05) is 5.75 Å². The topological polar surface area (TPSA) is 83.5 Å². The molecule has 0 heterocycles. The first kappa shape index (κ1) is 26.5. The van der Waals surface area contributed by atoms with E-state index in [9.17, 15) is 18.0 Å². The number of rotatable bonds is 9. The second-order valence-corrected chi connectivity index (χ2v) is 15.2. The molecule has 5 aliphatic rings. The molecule has 6 nitrogen and oxygen atoms in total. The molecule has 0 aromatic heterocycles. The molecule has 0 aliphatic heterocycles. The van der Waals surface area contributed by atoms with Gasteiger partial charge in [0.05, 0.1) is 11.0 Å². The van der Waals surface area contributed by atoms with Crippen LogP contribution in [0, 0.1) is 17.8 Å². The maximum atomic E-state index is 13.6. The summed E-state index contributed by atoms with van der Waals surface area (Å²) in [7, 11) is -2.96. The van der Waals surface area contributed by atoms with E-state index < -0.39 is 9.84 Å². The van der Waals surface area contributed by atoms with Gasteiger partial charge < -0.3 is 10.2 Å². The molecule has 5 fully saturated rings. The fourth-order valence-corrected chi connectivity index (χ4v) is 9.62. The summed E-state index contributed by atoms with van der Waals surface area (Å²) >= 11 is 0. The molecule has 0 bridgehead atoms. The van der Waals surface area contributed by atoms with Gasteiger partial charge in [0, 0.05) is 30.5 Å². The minimum absolute atomic E-state index is 0.118. The molecule has 0 aromatic rings. The van der Waals surface area contributed by atoms with Crippen LogP contribution in [0.2, 0.25) is 0 Å². The van der Waals surface area contributed by atoms with E-state index in [0.29, 0.717) is 42.0 Å². The Morgan fingerprint density at radius 2 is 1.25 bits per heavy atom. The van der Waals surface area contributed by atoms with Crippen LogP contribution in [-0.4, -0.2) is 54.3 Å². The van der Waals surface area contributed by atoms with Crippen LogP contribution in [0.5, 0.6) is 0 Å². The summed E-state index contributed by atoms with van der Waals surface area (Å²) in [4.78, 5) is 28.7. The summed E-state index contributed by atoms with van der Waals surface area (Å²) in [6.45, 7) is 0. The molecule has 0 spiro atoms. The van der Waals surface area contributed by atoms with Gasteiger partial charge in [-0.15, -0.1) is 0 Å². The number of carbonyl (C=O) groups is 2. The molecule has 5 saturated carbocycles. The summed E-state index contributed by atoms with van der Waals surface area (Å²) in [5, 5.41) is 3.07. The molecule has 2 amide bonds. The first-order chi connectivity index (χ1) is 17.4. The van der Waals surface area contributed by atoms with Crippen molar-refractivity contribution < 1.29 is 18.0 Å². The monoisotopic (exact) mass is 520 g/mol. The van der Waals surface area contributed by atoms with E-state index >= 15 is 0 Å². The number of hydrogen-bond donors (Lipinski definition) is 1. The second-order valence-electron chi connectivity index (χ2n) is 12.9. The Morgan fingerprint density at radius 1 is 0.667 bits per heavy atom. The second kappa shape index (κ2) is 11.7. The van der Waals surface area contributed by atoms with Crippen molar-refractivity contribution >= 4 is 21.7 Å². The van der Waals surface area contributed by atoms with E-state index in [-0.39, 0.29) is 23.1 Å². The summed E-state index contributed by atoms with van der Waals surface area (Å²) in [5.41, 5.74) is 0. The normalized spacial score (nSPS) is 32.4. The van der Waals surface area contributed by atoms with E-state index in [2.05, 4.69) is 10.2 Å². The van der Waals surface area contributed by atoms with Crippen LogP contribution >= 0.6 is 0 Å². The van der Waals surface area contributed by atoms with Gasteiger partial charge in [0.25, 0.3) is 0 Å². The predicted molar refractivity (Wildman–Crippen MR) is 142 cm³/mol. The SMILES string of the molecule is O=C(CC1CCC(S(=O)(=O)CC2CC2)CC1)NC1CCC(C(=O)N(C2CCCCC2)C2CCC2)CC1. The Hall–Kier alpha value is -1.11. The van der Waals surface area contributed by atoms with Crippen molar-refractivity contribution in [2.45, 2.75) is 145 Å². The highest BCUT2D eigenvalue weighted by Crippen LogP contribution is 2.37. The van der Waals surface area contributed by atoms with Gasteiger partial charge in [0.2, 0.25) is 11.8 Å². The highest BCUT2D eigenvalue weighted by atomic mass is 32.2. The molecule has 0 radical (unpaired) electrons. The maximum Gasteiger partial charge on any atom is 0.226 e. The molecule has 7 heteroatoms. The van der Waals surface area contributed by atoms with Gasteiger partial charge in [-0.2, -0.15) is 0 Å². The predicted octanol–water partition coefficient (Wildman–Crippen LogP) is 5.15. The lowest BCUT2D eigenvalue weighted by molar-refractivity contribution is -0.145. The van der Waals surface area contributed by atoms with Crippen LogP contribution < -0.4 is 5.32 Å². The van der Waals surface area contributed by atoms with Crippen molar-refractivity contribution in [3.05, 3.63) is 0 Å². The Labute approximate surface area is 218 Å². The molecular formula is C29H48N2O4S. The number of hydrogen-bond acceptors (Lipinski definition) is 4. The smallest absolute Gasteiger partial charge is 0.226 e. The zero-order chi connectivity index (χ0) is 25.1. The molecule has 204 valence electrons. The summed E-state index contributed by atoms with van der Waals surface area (Å²) in [6.07, 6.45) is 19.2. The van der Waals surface area contributed by atoms with Crippen LogP contribution in [0.15, 0.2) is 0 Å². The number of carbonyl (C=O) groups excluding carboxylic acids is 2. The molecule has 36 heavy (non-hydrogen) atoms. The van der Waals surface area contributed by atoms with Gasteiger partial charge >= 0.3 is 0 Å². The zero-order valence-corrected chi connectivity index (χ0v) is 23.0. The van der Waals surface area contributed by atoms with Gasteiger partial charge in [0.1, 0.15) is 0 Å². The number of nitrogens with zero attached hydrogens (tertiary/aromatic N) is 1. The van der Waals surface area contributed by atoms with Crippen LogP contribution in [0.3, 0.4) is 0 Å². The van der Waals surface area contributed by atoms with Gasteiger partial charge in [-0.3, -0.25) is 9.59 Å². The van der Waals surface area contributed by atoms with Crippen molar-refractivity contribution in [1.82, 2.24) is 10.2 Å². The molecular weight excluding hydrogens is 472 g/mol. The fraction of sp³-hybridized carbons (Fsp3) is 0.931. The third-order valence-electron chi connectivity index (χ3n) is 10.1. The zero-order valence-electron chi connectivity index (χ0n) is 22.2. The Kier molecular flexibility index (Phi) is 8.64. The maximum absolute atomic E-state index is 13.6. The highest BCUT2D eigenvalue weighted by molar-refractivity contribution is 7.92. The Bertz CT molecular complexity index is 860. The molecule has 5 rings (SSSR count). The molecule has 0 unspecified atom stereocenters. The summed E-state index contributed by atoms with van der Waals surface area (Å²) < 4.78 is 25.2. The lowest BCUT2D eigenvalue weighted by Crippen LogP contribution is -2.53. The average molecular weight is 521 g/mol. The minimum atomic E-state index is -2.96. The molecule has 1 N–H and O–H groups in total. The lowest BCUT2D eigenvalue weighted by Gasteiger charge is -2.46. The quantitative estimate of drug-likeness (QED) is 0.456. The first-order valence-electron chi connectivity index (χ1n) is 15.2. The van der Waals surface area contributed by atoms with Crippen molar-refractivity contribution in [2.24, 2.45) is 17.8 Å². The summed E-state index contributed by atoms with van der Waals surface area (Å²) in [6, 6.07) is 1.13. The van der Waals surface area contributed by atoms with E-state index in [1.54, 1.807) is 0 Å². The van der Waals surface area contributed by atoms with Crippen molar-refractivity contribution in [3.8, 4) is 0 Å². The van der Waals surface area contributed by atoms with Crippen LogP contribution in [0.4, 0.5) is 0 Å². The lowest BCUT2D eigenvalue weighted by atomic mass is 9.81. The molecule has 0 saturated heterocycles. The van der Waals surface area contributed by atoms with Crippen LogP contribution in [-0.2, 0) is 19.4 Å². The van der Waals surface area contributed by atoms with Gasteiger partial charge in [0.15, 0.2) is 9.84 Å². The fourth-order valence-electron chi connectivity index (χ4n) is 7.37. The van der Waals surface area contributed by atoms with Gasteiger partial charge in [-0.1, -0.05) is 19.3 Å². The highest BCUT2D eigenvalue weighted by Gasteiger charge is 2.39. The van der Waals surface area contributed by atoms with E-state index in [1.165, 1.54) is 51.4 Å². The molecule has 0 atom stereocenters. The third-order valence-corrected chi connectivity index (χ3v) is 12.5.